The molecule has 178 valence electrons. The van der Waals surface area contributed by atoms with Gasteiger partial charge in [-0.3, -0.25) is 0 Å². The van der Waals surface area contributed by atoms with Gasteiger partial charge < -0.3 is 33.2 Å². The third kappa shape index (κ3) is 27.3. The van der Waals surface area contributed by atoms with Crippen LogP contribution in [0, 0.1) is 12.3 Å². The van der Waals surface area contributed by atoms with Crippen molar-refractivity contribution in [3.63, 3.8) is 0 Å². The van der Waals surface area contributed by atoms with Gasteiger partial charge in [-0.2, -0.15) is 0 Å². The minimum Gasteiger partial charge on any atom is -0.379 e. The molecule has 0 aromatic carbocycles. The van der Waals surface area contributed by atoms with E-state index in [4.69, 9.17) is 39.6 Å². The molecular formula is C23H44O7. The van der Waals surface area contributed by atoms with Gasteiger partial charge in [0.25, 0.3) is 0 Å². The number of ether oxygens (including phenoxy) is 7. The first-order chi connectivity index (χ1) is 14.9. The molecule has 0 radical (unpaired) electrons. The number of rotatable bonds is 26. The van der Waals surface area contributed by atoms with Crippen molar-refractivity contribution >= 4 is 0 Å². The Morgan fingerprint density at radius 1 is 0.433 bits per heavy atom. The van der Waals surface area contributed by atoms with E-state index in [9.17, 15) is 0 Å². The van der Waals surface area contributed by atoms with Gasteiger partial charge in [0.1, 0.15) is 6.61 Å². The van der Waals surface area contributed by atoms with E-state index in [1.54, 1.807) is 0 Å². The maximum absolute atomic E-state index is 5.56. The fraction of sp³-hybridized carbons (Fsp3) is 0.913. The first-order valence-corrected chi connectivity index (χ1v) is 11.4. The van der Waals surface area contributed by atoms with E-state index in [1.807, 2.05) is 0 Å². The summed E-state index contributed by atoms with van der Waals surface area (Å²) in [5.74, 6) is 2.40. The molecule has 30 heavy (non-hydrogen) atoms. The summed E-state index contributed by atoms with van der Waals surface area (Å²) in [7, 11) is 0. The molecule has 0 amide bonds. The van der Waals surface area contributed by atoms with E-state index in [0.717, 1.165) is 13.0 Å². The molecule has 0 aliphatic heterocycles. The molecule has 0 atom stereocenters. The van der Waals surface area contributed by atoms with Crippen LogP contribution in [0.3, 0.4) is 0 Å². The van der Waals surface area contributed by atoms with Gasteiger partial charge in [-0.15, -0.1) is 6.42 Å². The second kappa shape index (κ2) is 28.3. The Morgan fingerprint density at radius 2 is 0.767 bits per heavy atom. The van der Waals surface area contributed by atoms with E-state index in [0.29, 0.717) is 85.9 Å². The van der Waals surface area contributed by atoms with E-state index < -0.39 is 0 Å². The monoisotopic (exact) mass is 432 g/mol. The zero-order chi connectivity index (χ0) is 21.8. The first kappa shape index (κ1) is 29.3. The zero-order valence-corrected chi connectivity index (χ0v) is 19.1. The van der Waals surface area contributed by atoms with Crippen molar-refractivity contribution < 1.29 is 33.2 Å². The van der Waals surface area contributed by atoms with E-state index in [-0.39, 0.29) is 0 Å². The lowest BCUT2D eigenvalue weighted by Gasteiger charge is -2.08. The minimum absolute atomic E-state index is 0.322. The molecule has 0 N–H and O–H groups in total. The molecule has 7 heteroatoms. The van der Waals surface area contributed by atoms with Crippen LogP contribution in [0.2, 0.25) is 0 Å². The maximum Gasteiger partial charge on any atom is 0.107 e. The van der Waals surface area contributed by atoms with Crippen molar-refractivity contribution in [3.8, 4) is 12.3 Å². The highest BCUT2D eigenvalue weighted by Gasteiger charge is 1.95. The quantitative estimate of drug-likeness (QED) is 0.154. The predicted octanol–water partition coefficient (Wildman–Crippen LogP) is 3.10. The molecule has 0 bridgehead atoms. The van der Waals surface area contributed by atoms with Crippen molar-refractivity contribution in [1.82, 2.24) is 0 Å². The number of hydrogen-bond acceptors (Lipinski definition) is 7. The Bertz CT molecular complexity index is 347. The molecule has 0 saturated heterocycles. The van der Waals surface area contributed by atoms with Crippen LogP contribution >= 0.6 is 0 Å². The summed E-state index contributed by atoms with van der Waals surface area (Å²) in [6.07, 6.45) is 12.8. The first-order valence-electron chi connectivity index (χ1n) is 11.4. The molecule has 0 unspecified atom stereocenters. The maximum atomic E-state index is 5.56. The van der Waals surface area contributed by atoms with Crippen LogP contribution in [0.15, 0.2) is 0 Å². The Labute approximate surface area is 184 Å². The standard InChI is InChI=1S/C23H44O7/c1-3-5-6-7-8-9-11-25-13-15-27-17-19-29-21-23-30-22-20-28-18-16-26-14-12-24-10-4-2/h2H,3,5-23H2,1H3. The zero-order valence-electron chi connectivity index (χ0n) is 19.1. The second-order valence-electron chi connectivity index (χ2n) is 6.70. The van der Waals surface area contributed by atoms with Crippen LogP contribution < -0.4 is 0 Å². The highest BCUT2D eigenvalue weighted by Crippen LogP contribution is 2.04. The average Bonchev–Trinajstić information content (AvgIpc) is 2.76. The van der Waals surface area contributed by atoms with Crippen LogP contribution in [0.25, 0.3) is 0 Å². The Morgan fingerprint density at radius 3 is 1.17 bits per heavy atom. The SMILES string of the molecule is C#CCOCCOCCOCCOCCOCCOCCOCCCCCCCC. The lowest BCUT2D eigenvalue weighted by Crippen LogP contribution is -2.14. The third-order valence-electron chi connectivity index (χ3n) is 4.06. The normalized spacial score (nSPS) is 11.1. The van der Waals surface area contributed by atoms with Crippen LogP contribution in [0.4, 0.5) is 0 Å². The van der Waals surface area contributed by atoms with Crippen molar-refractivity contribution in [3.05, 3.63) is 0 Å². The summed E-state index contributed by atoms with van der Waals surface area (Å²) < 4.78 is 37.7. The fourth-order valence-corrected chi connectivity index (χ4v) is 2.44. The molecule has 0 aromatic rings. The molecule has 0 heterocycles. The van der Waals surface area contributed by atoms with Crippen molar-refractivity contribution in [1.29, 1.82) is 0 Å². The third-order valence-corrected chi connectivity index (χ3v) is 4.06. The largest absolute Gasteiger partial charge is 0.379 e. The van der Waals surface area contributed by atoms with E-state index >= 15 is 0 Å². The van der Waals surface area contributed by atoms with Gasteiger partial charge in [-0.1, -0.05) is 44.9 Å². The molecule has 0 aromatic heterocycles. The van der Waals surface area contributed by atoms with Crippen LogP contribution in [0.5, 0.6) is 0 Å². The Hall–Kier alpha value is -0.720. The molecule has 7 nitrogen and oxygen atoms in total. The van der Waals surface area contributed by atoms with Crippen LogP contribution in [0.1, 0.15) is 45.4 Å². The fourth-order valence-electron chi connectivity index (χ4n) is 2.44. The summed E-state index contributed by atoms with van der Waals surface area (Å²) >= 11 is 0. The minimum atomic E-state index is 0.322. The van der Waals surface area contributed by atoms with Gasteiger partial charge in [-0.25, -0.2) is 0 Å². The predicted molar refractivity (Wildman–Crippen MR) is 118 cm³/mol. The van der Waals surface area contributed by atoms with Crippen molar-refractivity contribution in [2.45, 2.75) is 45.4 Å². The summed E-state index contributed by atoms with van der Waals surface area (Å²) in [5.41, 5.74) is 0. The van der Waals surface area contributed by atoms with Crippen molar-refractivity contribution in [2.24, 2.45) is 0 Å². The highest BCUT2D eigenvalue weighted by molar-refractivity contribution is 4.82. The lowest BCUT2D eigenvalue weighted by molar-refractivity contribution is -0.0197. The Kier molecular flexibility index (Phi) is 27.6. The van der Waals surface area contributed by atoms with Crippen LogP contribution in [-0.4, -0.2) is 92.5 Å². The van der Waals surface area contributed by atoms with Crippen LogP contribution in [-0.2, 0) is 33.2 Å². The Balaban J connectivity index is 2.98. The molecule has 0 rings (SSSR count). The molecule has 0 saturated carbocycles. The lowest BCUT2D eigenvalue weighted by atomic mass is 10.1. The number of terminal acetylenes is 1. The van der Waals surface area contributed by atoms with Gasteiger partial charge >= 0.3 is 0 Å². The van der Waals surface area contributed by atoms with Gasteiger partial charge in [0.15, 0.2) is 0 Å². The summed E-state index contributed by atoms with van der Waals surface area (Å²) in [6.45, 7) is 10.1. The summed E-state index contributed by atoms with van der Waals surface area (Å²) in [6, 6.07) is 0. The molecule has 0 spiro atoms. The summed E-state index contributed by atoms with van der Waals surface area (Å²) in [4.78, 5) is 0. The number of unbranched alkanes of at least 4 members (excludes halogenated alkanes) is 5. The highest BCUT2D eigenvalue weighted by atomic mass is 16.6. The number of hydrogen-bond donors (Lipinski definition) is 0. The molecule has 0 aliphatic carbocycles. The van der Waals surface area contributed by atoms with Gasteiger partial charge in [0, 0.05) is 6.61 Å². The molecule has 0 aliphatic rings. The second-order valence-corrected chi connectivity index (χ2v) is 6.70. The van der Waals surface area contributed by atoms with E-state index in [2.05, 4.69) is 12.8 Å². The topological polar surface area (TPSA) is 64.6 Å². The average molecular weight is 433 g/mol. The molecular weight excluding hydrogens is 388 g/mol. The van der Waals surface area contributed by atoms with Crippen molar-refractivity contribution in [2.75, 3.05) is 92.5 Å². The smallest absolute Gasteiger partial charge is 0.107 e. The molecule has 0 fully saturated rings. The van der Waals surface area contributed by atoms with Gasteiger partial charge in [-0.05, 0) is 6.42 Å². The van der Waals surface area contributed by atoms with Gasteiger partial charge in [0.2, 0.25) is 0 Å². The summed E-state index contributed by atoms with van der Waals surface area (Å²) in [5, 5.41) is 0. The van der Waals surface area contributed by atoms with Gasteiger partial charge in [0.05, 0.1) is 79.3 Å². The van der Waals surface area contributed by atoms with E-state index in [1.165, 1.54) is 32.1 Å².